The zero-order chi connectivity index (χ0) is 14.2. The number of rotatable bonds is 2. The van der Waals surface area contributed by atoms with Crippen LogP contribution in [0.1, 0.15) is 43.3 Å². The highest BCUT2D eigenvalue weighted by Crippen LogP contribution is 2.38. The monoisotopic (exact) mass is 303 g/mol. The summed E-state index contributed by atoms with van der Waals surface area (Å²) in [5.41, 5.74) is 3.49. The summed E-state index contributed by atoms with van der Waals surface area (Å²) in [5, 5.41) is 0. The lowest BCUT2D eigenvalue weighted by Crippen LogP contribution is -2.38. The number of pyridine rings is 1. The van der Waals surface area contributed by atoms with E-state index in [-0.39, 0.29) is 11.7 Å². The van der Waals surface area contributed by atoms with Crippen LogP contribution in [0.2, 0.25) is 0 Å². The van der Waals surface area contributed by atoms with E-state index in [0.29, 0.717) is 18.4 Å². The van der Waals surface area contributed by atoms with Crippen molar-refractivity contribution in [3.63, 3.8) is 0 Å². The van der Waals surface area contributed by atoms with Gasteiger partial charge in [0.25, 0.3) is 0 Å². The maximum absolute atomic E-state index is 6.02. The minimum atomic E-state index is -0.273. The lowest BCUT2D eigenvalue weighted by Gasteiger charge is -2.36. The highest BCUT2D eigenvalue weighted by molar-refractivity contribution is 6.18. The van der Waals surface area contributed by atoms with Gasteiger partial charge in [-0.15, -0.1) is 23.2 Å². The standard InChI is InChI=1S/C14H19Cl2NO2/c1-8-12-10(9(5-15)11(6-16)17-8)7-18-13(19-12)14(2,3)4/h13H,5-7H2,1-4H3. The lowest BCUT2D eigenvalue weighted by atomic mass is 9.94. The van der Waals surface area contributed by atoms with Crippen LogP contribution in [0.3, 0.4) is 0 Å². The molecule has 0 spiro atoms. The van der Waals surface area contributed by atoms with Crippen LogP contribution in [-0.2, 0) is 23.1 Å². The molecule has 0 aromatic carbocycles. The Morgan fingerprint density at radius 3 is 2.47 bits per heavy atom. The van der Waals surface area contributed by atoms with E-state index in [0.717, 1.165) is 28.3 Å². The number of fused-ring (bicyclic) bond motifs is 1. The molecule has 0 saturated heterocycles. The van der Waals surface area contributed by atoms with Gasteiger partial charge in [0, 0.05) is 16.9 Å². The molecule has 19 heavy (non-hydrogen) atoms. The Kier molecular flexibility index (Phi) is 4.29. The maximum Gasteiger partial charge on any atom is 0.205 e. The number of aryl methyl sites for hydroxylation is 1. The Hall–Kier alpha value is -0.510. The molecule has 106 valence electrons. The van der Waals surface area contributed by atoms with Gasteiger partial charge in [-0.1, -0.05) is 20.8 Å². The summed E-state index contributed by atoms with van der Waals surface area (Å²) in [6.45, 7) is 8.67. The third-order valence-corrected chi connectivity index (χ3v) is 3.71. The molecular weight excluding hydrogens is 285 g/mol. The number of nitrogens with zero attached hydrogens (tertiary/aromatic N) is 1. The number of ether oxygens (including phenoxy) is 2. The van der Waals surface area contributed by atoms with Gasteiger partial charge in [0.2, 0.25) is 6.29 Å². The van der Waals surface area contributed by atoms with E-state index in [1.165, 1.54) is 0 Å². The molecule has 1 aliphatic heterocycles. The largest absolute Gasteiger partial charge is 0.462 e. The van der Waals surface area contributed by atoms with Gasteiger partial charge in [0.05, 0.1) is 23.9 Å². The van der Waals surface area contributed by atoms with Crippen LogP contribution >= 0.6 is 23.2 Å². The predicted molar refractivity (Wildman–Crippen MR) is 76.7 cm³/mol. The topological polar surface area (TPSA) is 31.4 Å². The third-order valence-electron chi connectivity index (χ3n) is 3.19. The van der Waals surface area contributed by atoms with Crippen molar-refractivity contribution in [3.05, 3.63) is 22.5 Å². The molecule has 0 fully saturated rings. The van der Waals surface area contributed by atoms with Crippen LogP contribution in [0.15, 0.2) is 0 Å². The van der Waals surface area contributed by atoms with E-state index < -0.39 is 0 Å². The molecule has 0 saturated carbocycles. The molecule has 1 aliphatic rings. The van der Waals surface area contributed by atoms with Crippen molar-refractivity contribution in [1.29, 1.82) is 0 Å². The molecule has 0 radical (unpaired) electrons. The first-order valence-corrected chi connectivity index (χ1v) is 7.36. The first-order valence-electron chi connectivity index (χ1n) is 6.30. The van der Waals surface area contributed by atoms with Gasteiger partial charge in [-0.2, -0.15) is 0 Å². The summed E-state index contributed by atoms with van der Waals surface area (Å²) in [4.78, 5) is 4.50. The summed E-state index contributed by atoms with van der Waals surface area (Å²) < 4.78 is 11.8. The van der Waals surface area contributed by atoms with Crippen LogP contribution in [0.5, 0.6) is 5.75 Å². The molecule has 0 bridgehead atoms. The minimum Gasteiger partial charge on any atom is -0.462 e. The molecule has 1 unspecified atom stereocenters. The number of alkyl halides is 2. The quantitative estimate of drug-likeness (QED) is 0.769. The number of halogens is 2. The summed E-state index contributed by atoms with van der Waals surface area (Å²) >= 11 is 11.9. The average Bonchev–Trinajstić information content (AvgIpc) is 2.37. The van der Waals surface area contributed by atoms with Crippen molar-refractivity contribution >= 4 is 23.2 Å². The van der Waals surface area contributed by atoms with E-state index in [9.17, 15) is 0 Å². The van der Waals surface area contributed by atoms with E-state index in [2.05, 4.69) is 25.8 Å². The van der Waals surface area contributed by atoms with Crippen molar-refractivity contribution < 1.29 is 9.47 Å². The molecular formula is C14H19Cl2NO2. The molecule has 5 heteroatoms. The summed E-state index contributed by atoms with van der Waals surface area (Å²) in [7, 11) is 0. The number of hydrogen-bond acceptors (Lipinski definition) is 3. The van der Waals surface area contributed by atoms with E-state index in [4.69, 9.17) is 32.7 Å². The van der Waals surface area contributed by atoms with Crippen LogP contribution in [0.4, 0.5) is 0 Å². The Morgan fingerprint density at radius 2 is 1.95 bits per heavy atom. The Labute approximate surface area is 124 Å². The van der Waals surface area contributed by atoms with Gasteiger partial charge < -0.3 is 9.47 Å². The molecule has 1 aromatic heterocycles. The molecule has 1 aromatic rings. The van der Waals surface area contributed by atoms with Crippen molar-refractivity contribution in [2.75, 3.05) is 0 Å². The molecule has 0 amide bonds. The first kappa shape index (κ1) is 14.9. The highest BCUT2D eigenvalue weighted by Gasteiger charge is 2.34. The van der Waals surface area contributed by atoms with E-state index >= 15 is 0 Å². The zero-order valence-electron chi connectivity index (χ0n) is 11.7. The Bertz CT molecular complexity index is 483. The molecule has 2 rings (SSSR count). The molecule has 0 N–H and O–H groups in total. The fourth-order valence-electron chi connectivity index (χ4n) is 2.15. The van der Waals surface area contributed by atoms with Gasteiger partial charge >= 0.3 is 0 Å². The number of hydrogen-bond donors (Lipinski definition) is 0. The van der Waals surface area contributed by atoms with Gasteiger partial charge in [-0.05, 0) is 12.5 Å². The van der Waals surface area contributed by atoms with Crippen LogP contribution in [0, 0.1) is 12.3 Å². The fourth-order valence-corrected chi connectivity index (χ4v) is 2.69. The average molecular weight is 304 g/mol. The van der Waals surface area contributed by atoms with Crippen molar-refractivity contribution in [2.24, 2.45) is 5.41 Å². The normalized spacial score (nSPS) is 18.9. The second-order valence-electron chi connectivity index (χ2n) is 5.82. The van der Waals surface area contributed by atoms with Gasteiger partial charge in [-0.25, -0.2) is 0 Å². The van der Waals surface area contributed by atoms with Crippen molar-refractivity contribution in [3.8, 4) is 5.75 Å². The molecule has 0 aliphatic carbocycles. The Morgan fingerprint density at radius 1 is 1.26 bits per heavy atom. The van der Waals surface area contributed by atoms with Crippen molar-refractivity contribution in [2.45, 2.75) is 52.4 Å². The summed E-state index contributed by atoms with van der Waals surface area (Å²) in [6.07, 6.45) is -0.273. The lowest BCUT2D eigenvalue weighted by molar-refractivity contribution is -0.164. The molecule has 3 nitrogen and oxygen atoms in total. The van der Waals surface area contributed by atoms with Crippen LogP contribution < -0.4 is 4.74 Å². The smallest absolute Gasteiger partial charge is 0.205 e. The maximum atomic E-state index is 6.02. The second kappa shape index (κ2) is 5.47. The predicted octanol–water partition coefficient (Wildman–Crippen LogP) is 4.15. The van der Waals surface area contributed by atoms with Crippen LogP contribution in [0.25, 0.3) is 0 Å². The third kappa shape index (κ3) is 2.83. The zero-order valence-corrected chi connectivity index (χ0v) is 13.2. The molecule has 2 heterocycles. The second-order valence-corrected chi connectivity index (χ2v) is 6.36. The fraction of sp³-hybridized carbons (Fsp3) is 0.643. The van der Waals surface area contributed by atoms with E-state index in [1.807, 2.05) is 6.92 Å². The SMILES string of the molecule is Cc1nc(CCl)c(CCl)c2c1OC(C(C)(C)C)OC2. The summed E-state index contributed by atoms with van der Waals surface area (Å²) in [5.74, 6) is 1.51. The van der Waals surface area contributed by atoms with Gasteiger partial charge in [0.1, 0.15) is 5.75 Å². The van der Waals surface area contributed by atoms with Gasteiger partial charge in [-0.3, -0.25) is 4.98 Å². The number of aromatic nitrogens is 1. The molecule has 1 atom stereocenters. The van der Waals surface area contributed by atoms with Crippen LogP contribution in [-0.4, -0.2) is 11.3 Å². The van der Waals surface area contributed by atoms with Crippen molar-refractivity contribution in [1.82, 2.24) is 4.98 Å². The Balaban J connectivity index is 2.46. The minimum absolute atomic E-state index is 0.0869. The first-order chi connectivity index (χ1) is 8.88. The van der Waals surface area contributed by atoms with Gasteiger partial charge in [0.15, 0.2) is 0 Å². The summed E-state index contributed by atoms with van der Waals surface area (Å²) in [6, 6.07) is 0. The van der Waals surface area contributed by atoms with E-state index in [1.54, 1.807) is 0 Å². The highest BCUT2D eigenvalue weighted by atomic mass is 35.5.